The number of carbonyl (C=O) groups excluding carboxylic acids is 2. The van der Waals surface area contributed by atoms with Crippen LogP contribution in [0.1, 0.15) is 21.5 Å². The van der Waals surface area contributed by atoms with Crippen molar-refractivity contribution in [1.29, 1.82) is 0 Å². The van der Waals surface area contributed by atoms with E-state index in [4.69, 9.17) is 0 Å². The quantitative estimate of drug-likeness (QED) is 0.515. The Morgan fingerprint density at radius 2 is 1.76 bits per heavy atom. The Morgan fingerprint density at radius 1 is 1.03 bits per heavy atom. The predicted molar refractivity (Wildman–Crippen MR) is 111 cm³/mol. The standard InChI is InChI=1S/C22H21N3O4/c1-15-7-9-19(12-20(15)25(28)29)22(27)23-13-21(26)24(2)14-16-8-10-17-5-3-4-6-18(17)11-16/h3-12H,13-14H2,1-2H3,(H,23,27). The molecule has 0 aliphatic carbocycles. The third-order valence-corrected chi connectivity index (χ3v) is 4.73. The number of nitrogens with one attached hydrogen (secondary N) is 1. The summed E-state index contributed by atoms with van der Waals surface area (Å²) < 4.78 is 0. The number of carbonyl (C=O) groups is 2. The van der Waals surface area contributed by atoms with Crippen LogP contribution in [-0.4, -0.2) is 35.2 Å². The Balaban J connectivity index is 1.60. The highest BCUT2D eigenvalue weighted by Crippen LogP contribution is 2.19. The molecule has 0 radical (unpaired) electrons. The third kappa shape index (κ3) is 4.76. The van der Waals surface area contributed by atoms with E-state index in [1.54, 1.807) is 14.0 Å². The van der Waals surface area contributed by atoms with Crippen molar-refractivity contribution in [1.82, 2.24) is 10.2 Å². The average molecular weight is 391 g/mol. The molecule has 0 aliphatic rings. The van der Waals surface area contributed by atoms with E-state index in [9.17, 15) is 19.7 Å². The van der Waals surface area contributed by atoms with Crippen LogP contribution in [0.3, 0.4) is 0 Å². The molecule has 2 amide bonds. The third-order valence-electron chi connectivity index (χ3n) is 4.73. The van der Waals surface area contributed by atoms with Gasteiger partial charge in [0.2, 0.25) is 5.91 Å². The molecule has 0 unspecified atom stereocenters. The zero-order chi connectivity index (χ0) is 21.0. The molecule has 0 saturated heterocycles. The molecule has 0 bridgehead atoms. The molecule has 3 aromatic rings. The number of fused-ring (bicyclic) bond motifs is 1. The summed E-state index contributed by atoms with van der Waals surface area (Å²) in [6.07, 6.45) is 0. The van der Waals surface area contributed by atoms with Crippen molar-refractivity contribution in [3.05, 3.63) is 87.5 Å². The zero-order valence-electron chi connectivity index (χ0n) is 16.2. The molecule has 0 aromatic heterocycles. The summed E-state index contributed by atoms with van der Waals surface area (Å²) in [5.74, 6) is -0.784. The highest BCUT2D eigenvalue weighted by molar-refractivity contribution is 5.97. The van der Waals surface area contributed by atoms with Gasteiger partial charge >= 0.3 is 0 Å². The van der Waals surface area contributed by atoms with E-state index < -0.39 is 10.8 Å². The first-order valence-corrected chi connectivity index (χ1v) is 9.10. The summed E-state index contributed by atoms with van der Waals surface area (Å²) in [6.45, 7) is 1.82. The van der Waals surface area contributed by atoms with Crippen LogP contribution >= 0.6 is 0 Å². The summed E-state index contributed by atoms with van der Waals surface area (Å²) in [5, 5.41) is 15.8. The van der Waals surface area contributed by atoms with Gasteiger partial charge in [0.25, 0.3) is 11.6 Å². The molecule has 0 aliphatic heterocycles. The van der Waals surface area contributed by atoms with Crippen LogP contribution in [-0.2, 0) is 11.3 Å². The van der Waals surface area contributed by atoms with E-state index >= 15 is 0 Å². The molecule has 0 saturated carbocycles. The molecule has 148 valence electrons. The second-order valence-electron chi connectivity index (χ2n) is 6.87. The van der Waals surface area contributed by atoms with Crippen LogP contribution < -0.4 is 5.32 Å². The van der Waals surface area contributed by atoms with Crippen molar-refractivity contribution in [2.45, 2.75) is 13.5 Å². The summed E-state index contributed by atoms with van der Waals surface area (Å²) in [7, 11) is 1.67. The Kier molecular flexibility index (Phi) is 5.87. The number of hydrogen-bond acceptors (Lipinski definition) is 4. The van der Waals surface area contributed by atoms with Gasteiger partial charge in [0.05, 0.1) is 11.5 Å². The van der Waals surface area contributed by atoms with Crippen LogP contribution in [0.25, 0.3) is 10.8 Å². The van der Waals surface area contributed by atoms with Gasteiger partial charge in [0.1, 0.15) is 0 Å². The van der Waals surface area contributed by atoms with Crippen LogP contribution in [0, 0.1) is 17.0 Å². The van der Waals surface area contributed by atoms with Crippen LogP contribution in [0.2, 0.25) is 0 Å². The molecule has 0 spiro atoms. The van der Waals surface area contributed by atoms with E-state index in [-0.39, 0.29) is 23.7 Å². The van der Waals surface area contributed by atoms with Crippen molar-refractivity contribution in [2.75, 3.05) is 13.6 Å². The van der Waals surface area contributed by atoms with Crippen LogP contribution in [0.15, 0.2) is 60.7 Å². The number of likely N-dealkylation sites (N-methyl/N-ethyl adjacent to an activating group) is 1. The van der Waals surface area contributed by atoms with E-state index in [1.165, 1.54) is 23.1 Å². The van der Waals surface area contributed by atoms with E-state index in [1.807, 2.05) is 42.5 Å². The van der Waals surface area contributed by atoms with Gasteiger partial charge < -0.3 is 10.2 Å². The van der Waals surface area contributed by atoms with Crippen molar-refractivity contribution in [3.8, 4) is 0 Å². The lowest BCUT2D eigenvalue weighted by atomic mass is 10.1. The summed E-state index contributed by atoms with van der Waals surface area (Å²) >= 11 is 0. The van der Waals surface area contributed by atoms with Crippen molar-refractivity contribution in [2.24, 2.45) is 0 Å². The predicted octanol–water partition coefficient (Wildman–Crippen LogP) is 3.44. The molecular formula is C22H21N3O4. The van der Waals surface area contributed by atoms with Crippen molar-refractivity contribution in [3.63, 3.8) is 0 Å². The van der Waals surface area contributed by atoms with Crippen molar-refractivity contribution < 1.29 is 14.5 Å². The van der Waals surface area contributed by atoms with Gasteiger partial charge in [-0.25, -0.2) is 0 Å². The summed E-state index contributed by atoms with van der Waals surface area (Å²) in [4.78, 5) is 36.7. The fourth-order valence-electron chi connectivity index (χ4n) is 3.04. The first-order chi connectivity index (χ1) is 13.8. The fraction of sp³-hybridized carbons (Fsp3) is 0.182. The minimum Gasteiger partial charge on any atom is -0.343 e. The number of nitro groups is 1. The number of amides is 2. The van der Waals surface area contributed by atoms with Gasteiger partial charge in [-0.1, -0.05) is 42.5 Å². The van der Waals surface area contributed by atoms with E-state index in [0.717, 1.165) is 16.3 Å². The lowest BCUT2D eigenvalue weighted by Crippen LogP contribution is -2.37. The Morgan fingerprint density at radius 3 is 2.48 bits per heavy atom. The number of nitro benzene ring substituents is 1. The molecule has 3 aromatic carbocycles. The molecule has 7 heteroatoms. The van der Waals surface area contributed by atoms with Gasteiger partial charge in [0.15, 0.2) is 0 Å². The molecule has 0 fully saturated rings. The van der Waals surface area contributed by atoms with Crippen LogP contribution in [0.4, 0.5) is 5.69 Å². The minimum atomic E-state index is -0.533. The number of hydrogen-bond donors (Lipinski definition) is 1. The van der Waals surface area contributed by atoms with Crippen molar-refractivity contribution >= 4 is 28.3 Å². The molecular weight excluding hydrogens is 370 g/mol. The maximum absolute atomic E-state index is 12.4. The van der Waals surface area contributed by atoms with E-state index in [0.29, 0.717) is 12.1 Å². The monoisotopic (exact) mass is 391 g/mol. The van der Waals surface area contributed by atoms with Crippen LogP contribution in [0.5, 0.6) is 0 Å². The van der Waals surface area contributed by atoms with Gasteiger partial charge in [-0.15, -0.1) is 0 Å². The Hall–Kier alpha value is -3.74. The summed E-state index contributed by atoms with van der Waals surface area (Å²) in [5.41, 5.74) is 1.47. The second-order valence-corrected chi connectivity index (χ2v) is 6.87. The normalized spacial score (nSPS) is 10.6. The largest absolute Gasteiger partial charge is 0.343 e. The molecule has 29 heavy (non-hydrogen) atoms. The molecule has 7 nitrogen and oxygen atoms in total. The van der Waals surface area contributed by atoms with Gasteiger partial charge in [-0.3, -0.25) is 19.7 Å². The van der Waals surface area contributed by atoms with Gasteiger partial charge in [0, 0.05) is 30.8 Å². The Bertz CT molecular complexity index is 1090. The number of aryl methyl sites for hydroxylation is 1. The lowest BCUT2D eigenvalue weighted by Gasteiger charge is -2.18. The Labute approximate surface area is 168 Å². The molecule has 0 atom stereocenters. The summed E-state index contributed by atoms with van der Waals surface area (Å²) in [6, 6.07) is 18.2. The smallest absolute Gasteiger partial charge is 0.273 e. The minimum absolute atomic E-state index is 0.127. The number of rotatable bonds is 6. The molecule has 1 N–H and O–H groups in total. The maximum Gasteiger partial charge on any atom is 0.273 e. The van der Waals surface area contributed by atoms with E-state index in [2.05, 4.69) is 5.32 Å². The highest BCUT2D eigenvalue weighted by atomic mass is 16.6. The van der Waals surface area contributed by atoms with Gasteiger partial charge in [-0.2, -0.15) is 0 Å². The lowest BCUT2D eigenvalue weighted by molar-refractivity contribution is -0.385. The average Bonchev–Trinajstić information content (AvgIpc) is 2.71. The molecule has 3 rings (SSSR count). The zero-order valence-corrected chi connectivity index (χ0v) is 16.2. The molecule has 0 heterocycles. The topological polar surface area (TPSA) is 92.6 Å². The first-order valence-electron chi connectivity index (χ1n) is 9.10. The second kappa shape index (κ2) is 8.52. The maximum atomic E-state index is 12.4. The first kappa shape index (κ1) is 20.0. The fourth-order valence-corrected chi connectivity index (χ4v) is 3.04. The highest BCUT2D eigenvalue weighted by Gasteiger charge is 2.16. The number of benzene rings is 3. The van der Waals surface area contributed by atoms with Gasteiger partial charge in [-0.05, 0) is 35.4 Å². The number of nitrogens with zero attached hydrogens (tertiary/aromatic N) is 2. The SMILES string of the molecule is Cc1ccc(C(=O)NCC(=O)N(C)Cc2ccc3ccccc3c2)cc1[N+](=O)[O-].